The Kier molecular flexibility index (Phi) is 3.74. The van der Waals surface area contributed by atoms with Crippen molar-refractivity contribution < 1.29 is 0 Å². The number of hydrogen-bond donors (Lipinski definition) is 0. The van der Waals surface area contributed by atoms with Gasteiger partial charge in [0.25, 0.3) is 0 Å². The molecule has 0 N–H and O–H groups in total. The van der Waals surface area contributed by atoms with Crippen LogP contribution in [0, 0.1) is 6.92 Å². The number of benzene rings is 4. The van der Waals surface area contributed by atoms with Crippen molar-refractivity contribution in [1.82, 2.24) is 0 Å². The van der Waals surface area contributed by atoms with Crippen molar-refractivity contribution in [2.24, 2.45) is 0 Å². The third-order valence-corrected chi connectivity index (χ3v) is 6.81. The molecule has 0 atom stereocenters. The molecule has 0 bridgehead atoms. The second-order valence-electron chi connectivity index (χ2n) is 5.39. The Morgan fingerprint density at radius 3 is 1.83 bits per heavy atom. The number of hydrogen-bond acceptors (Lipinski definition) is 0. The molecule has 0 amide bonds. The number of halogens is 6. The second kappa shape index (κ2) is 5.33. The molecule has 0 aliphatic rings. The quantitative estimate of drug-likeness (QED) is 0.248. The zero-order valence-corrected chi connectivity index (χ0v) is 16.0. The predicted octanol–water partition coefficient (Wildman–Crippen LogP) is 8.81. The van der Waals surface area contributed by atoms with Gasteiger partial charge >= 0.3 is 0 Å². The number of rotatable bonds is 0. The molecule has 0 fully saturated rings. The highest BCUT2D eigenvalue weighted by molar-refractivity contribution is 6.58. The molecule has 0 unspecified atom stereocenters. The molecule has 0 nitrogen and oxygen atoms in total. The Bertz CT molecular complexity index is 1130. The van der Waals surface area contributed by atoms with E-state index in [1.165, 1.54) is 0 Å². The average molecular weight is 423 g/mol. The first-order valence-electron chi connectivity index (χ1n) is 6.62. The largest absolute Gasteiger partial charge is 0.0827 e. The van der Waals surface area contributed by atoms with Crippen molar-refractivity contribution in [3.05, 3.63) is 53.9 Å². The van der Waals surface area contributed by atoms with Gasteiger partial charge in [-0.2, -0.15) is 0 Å². The fraction of sp³-hybridized carbons (Fsp3) is 0.0588. The highest BCUT2D eigenvalue weighted by Crippen LogP contribution is 2.52. The van der Waals surface area contributed by atoms with Crippen LogP contribution in [-0.4, -0.2) is 0 Å². The molecular weight excluding hydrogens is 417 g/mol. The summed E-state index contributed by atoms with van der Waals surface area (Å²) in [5.74, 6) is 0. The molecule has 0 radical (unpaired) electrons. The molecule has 0 saturated carbocycles. The van der Waals surface area contributed by atoms with E-state index in [9.17, 15) is 0 Å². The van der Waals surface area contributed by atoms with Gasteiger partial charge in [-0.3, -0.25) is 0 Å². The van der Waals surface area contributed by atoms with Crippen molar-refractivity contribution >= 4 is 102 Å². The molecule has 0 spiro atoms. The van der Waals surface area contributed by atoms with E-state index in [1.54, 1.807) is 0 Å². The summed E-state index contributed by atoms with van der Waals surface area (Å²) >= 11 is 38.5. The minimum Gasteiger partial charge on any atom is -0.0827 e. The summed E-state index contributed by atoms with van der Waals surface area (Å²) in [4.78, 5) is 0. The maximum atomic E-state index is 6.51. The molecule has 0 saturated heterocycles. The van der Waals surface area contributed by atoms with Crippen LogP contribution < -0.4 is 0 Å². The standard InChI is InChI=1S/C17H6Cl6/c1-5-7-3-2-6-4-8(18)14(20)11-9(6)10(7)12(15(21)13(5)19)17(23)16(11)22/h2-4H,1H3. The fourth-order valence-electron chi connectivity index (χ4n) is 3.14. The summed E-state index contributed by atoms with van der Waals surface area (Å²) < 4.78 is 0. The topological polar surface area (TPSA) is 0 Å². The molecule has 116 valence electrons. The molecule has 0 aliphatic heterocycles. The van der Waals surface area contributed by atoms with E-state index >= 15 is 0 Å². The first-order valence-corrected chi connectivity index (χ1v) is 8.89. The Morgan fingerprint density at radius 2 is 1.17 bits per heavy atom. The van der Waals surface area contributed by atoms with E-state index in [-0.39, 0.29) is 0 Å². The first kappa shape index (κ1) is 16.1. The van der Waals surface area contributed by atoms with E-state index < -0.39 is 0 Å². The summed E-state index contributed by atoms with van der Waals surface area (Å²) in [5, 5.41) is 7.27. The number of aryl methyl sites for hydroxylation is 1. The fourth-order valence-corrected chi connectivity index (χ4v) is 4.79. The van der Waals surface area contributed by atoms with Gasteiger partial charge in [-0.25, -0.2) is 0 Å². The van der Waals surface area contributed by atoms with E-state index in [0.717, 1.165) is 27.1 Å². The van der Waals surface area contributed by atoms with Crippen molar-refractivity contribution in [3.8, 4) is 0 Å². The normalized spacial score (nSPS) is 12.1. The van der Waals surface area contributed by atoms with Crippen LogP contribution >= 0.6 is 69.6 Å². The highest BCUT2D eigenvalue weighted by Gasteiger charge is 2.23. The Morgan fingerprint density at radius 1 is 0.609 bits per heavy atom. The van der Waals surface area contributed by atoms with Crippen LogP contribution in [0.1, 0.15) is 5.56 Å². The molecule has 23 heavy (non-hydrogen) atoms. The van der Waals surface area contributed by atoms with Gasteiger partial charge in [0, 0.05) is 21.5 Å². The van der Waals surface area contributed by atoms with E-state index in [2.05, 4.69) is 0 Å². The Hall–Kier alpha value is -0.340. The highest BCUT2D eigenvalue weighted by atomic mass is 35.5. The van der Waals surface area contributed by atoms with E-state index in [0.29, 0.717) is 40.9 Å². The van der Waals surface area contributed by atoms with Crippen molar-refractivity contribution in [2.75, 3.05) is 0 Å². The van der Waals surface area contributed by atoms with Crippen LogP contribution in [0.15, 0.2) is 18.2 Å². The second-order valence-corrected chi connectivity index (χ2v) is 7.69. The van der Waals surface area contributed by atoms with Gasteiger partial charge in [-0.05, 0) is 29.3 Å². The molecule has 0 aromatic heterocycles. The minimum atomic E-state index is 0.325. The Labute approximate surface area is 162 Å². The van der Waals surface area contributed by atoms with Crippen molar-refractivity contribution in [1.29, 1.82) is 0 Å². The van der Waals surface area contributed by atoms with Gasteiger partial charge < -0.3 is 0 Å². The maximum absolute atomic E-state index is 6.51. The van der Waals surface area contributed by atoms with Crippen LogP contribution in [-0.2, 0) is 0 Å². The molecule has 4 rings (SSSR count). The molecular formula is C17H6Cl6. The molecule has 6 heteroatoms. The zero-order valence-electron chi connectivity index (χ0n) is 11.5. The lowest BCUT2D eigenvalue weighted by atomic mass is 9.92. The lowest BCUT2D eigenvalue weighted by molar-refractivity contribution is 1.54. The van der Waals surface area contributed by atoms with E-state index in [1.807, 2.05) is 25.1 Å². The van der Waals surface area contributed by atoms with Crippen LogP contribution in [0.3, 0.4) is 0 Å². The summed E-state index contributed by atoms with van der Waals surface area (Å²) in [6, 6.07) is 5.76. The summed E-state index contributed by atoms with van der Waals surface area (Å²) in [6.07, 6.45) is 0. The lowest BCUT2D eigenvalue weighted by Gasteiger charge is -2.19. The third-order valence-electron chi connectivity index (χ3n) is 4.23. The van der Waals surface area contributed by atoms with Crippen LogP contribution in [0.2, 0.25) is 30.1 Å². The predicted molar refractivity (Wildman–Crippen MR) is 105 cm³/mol. The zero-order chi connectivity index (χ0) is 16.6. The molecule has 4 aromatic carbocycles. The summed E-state index contributed by atoms with van der Waals surface area (Å²) in [7, 11) is 0. The average Bonchev–Trinajstić information content (AvgIpc) is 2.52. The van der Waals surface area contributed by atoms with Gasteiger partial charge in [-0.15, -0.1) is 0 Å². The maximum Gasteiger partial charge on any atom is 0.0693 e. The van der Waals surface area contributed by atoms with Gasteiger partial charge in [0.15, 0.2) is 0 Å². The first-order chi connectivity index (χ1) is 10.8. The summed E-state index contributed by atoms with van der Waals surface area (Å²) in [6.45, 7) is 1.92. The van der Waals surface area contributed by atoms with Crippen molar-refractivity contribution in [3.63, 3.8) is 0 Å². The molecule has 4 aromatic rings. The van der Waals surface area contributed by atoms with Crippen molar-refractivity contribution in [2.45, 2.75) is 6.92 Å². The van der Waals surface area contributed by atoms with E-state index in [4.69, 9.17) is 69.6 Å². The van der Waals surface area contributed by atoms with Crippen LogP contribution in [0.25, 0.3) is 32.3 Å². The summed E-state index contributed by atoms with van der Waals surface area (Å²) in [5.41, 5.74) is 0.886. The van der Waals surface area contributed by atoms with Gasteiger partial charge in [-0.1, -0.05) is 81.7 Å². The minimum absolute atomic E-state index is 0.325. The van der Waals surface area contributed by atoms with Gasteiger partial charge in [0.2, 0.25) is 0 Å². The SMILES string of the molecule is Cc1c(Cl)c(Cl)c2c(Cl)c(Cl)c3c(Cl)c(Cl)cc4ccc1c2c43. The third kappa shape index (κ3) is 2.00. The Balaban J connectivity index is 2.53. The van der Waals surface area contributed by atoms with Gasteiger partial charge in [0.1, 0.15) is 0 Å². The lowest BCUT2D eigenvalue weighted by Crippen LogP contribution is -1.92. The van der Waals surface area contributed by atoms with Gasteiger partial charge in [0.05, 0.1) is 30.1 Å². The monoisotopic (exact) mass is 420 g/mol. The smallest absolute Gasteiger partial charge is 0.0693 e. The van der Waals surface area contributed by atoms with Crippen LogP contribution in [0.4, 0.5) is 0 Å². The molecule has 0 aliphatic carbocycles. The molecule has 0 heterocycles. The van der Waals surface area contributed by atoms with Crippen LogP contribution in [0.5, 0.6) is 0 Å².